The van der Waals surface area contributed by atoms with E-state index in [-0.39, 0.29) is 6.61 Å². The third kappa shape index (κ3) is 5.68. The number of benzene rings is 1. The van der Waals surface area contributed by atoms with Crippen LogP contribution in [-0.4, -0.2) is 40.8 Å². The summed E-state index contributed by atoms with van der Waals surface area (Å²) in [6, 6.07) is 7.72. The quantitative estimate of drug-likeness (QED) is 0.704. The second kappa shape index (κ2) is 8.45. The Morgan fingerprint density at radius 3 is 2.68 bits per heavy atom. The van der Waals surface area contributed by atoms with Crippen molar-refractivity contribution >= 4 is 12.0 Å². The van der Waals surface area contributed by atoms with E-state index >= 15 is 0 Å². The molecule has 104 valence electrons. The lowest BCUT2D eigenvalue weighted by atomic mass is 10.1. The molecule has 4 nitrogen and oxygen atoms in total. The minimum Gasteiger partial charge on any atom is -0.478 e. The summed E-state index contributed by atoms with van der Waals surface area (Å²) >= 11 is 0. The average Bonchev–Trinajstić information content (AvgIpc) is 2.38. The van der Waals surface area contributed by atoms with Crippen molar-refractivity contribution in [2.24, 2.45) is 0 Å². The molecule has 0 aliphatic heterocycles. The van der Waals surface area contributed by atoms with Crippen molar-refractivity contribution in [3.63, 3.8) is 0 Å². The largest absolute Gasteiger partial charge is 0.478 e. The SMILES string of the molecule is CCCN(CCO)Cc1ccccc1C=CC(=O)O. The van der Waals surface area contributed by atoms with Gasteiger partial charge in [-0.05, 0) is 30.2 Å². The van der Waals surface area contributed by atoms with Crippen molar-refractivity contribution in [2.45, 2.75) is 19.9 Å². The number of carbonyl (C=O) groups is 1. The topological polar surface area (TPSA) is 60.8 Å². The second-order valence-electron chi connectivity index (χ2n) is 4.37. The zero-order valence-electron chi connectivity index (χ0n) is 11.2. The van der Waals surface area contributed by atoms with E-state index in [0.29, 0.717) is 13.1 Å². The van der Waals surface area contributed by atoms with E-state index in [9.17, 15) is 4.79 Å². The van der Waals surface area contributed by atoms with Gasteiger partial charge in [0, 0.05) is 19.2 Å². The van der Waals surface area contributed by atoms with Gasteiger partial charge in [-0.2, -0.15) is 0 Å². The van der Waals surface area contributed by atoms with Crippen molar-refractivity contribution in [3.05, 3.63) is 41.5 Å². The van der Waals surface area contributed by atoms with E-state index < -0.39 is 5.97 Å². The van der Waals surface area contributed by atoms with Crippen LogP contribution in [0, 0.1) is 0 Å². The van der Waals surface area contributed by atoms with Crippen LogP contribution in [0.15, 0.2) is 30.3 Å². The maximum atomic E-state index is 10.6. The Bertz CT molecular complexity index is 423. The minimum absolute atomic E-state index is 0.132. The lowest BCUT2D eigenvalue weighted by Gasteiger charge is -2.21. The van der Waals surface area contributed by atoms with Crippen molar-refractivity contribution < 1.29 is 15.0 Å². The van der Waals surface area contributed by atoms with Gasteiger partial charge in [-0.1, -0.05) is 31.2 Å². The molecule has 0 aromatic heterocycles. The molecule has 0 unspecified atom stereocenters. The summed E-state index contributed by atoms with van der Waals surface area (Å²) in [6.45, 7) is 4.49. The Hall–Kier alpha value is -1.65. The Kier molecular flexibility index (Phi) is 6.85. The molecular weight excluding hydrogens is 242 g/mol. The number of aliphatic hydroxyl groups is 1. The van der Waals surface area contributed by atoms with Gasteiger partial charge in [0.2, 0.25) is 0 Å². The smallest absolute Gasteiger partial charge is 0.328 e. The van der Waals surface area contributed by atoms with Gasteiger partial charge < -0.3 is 10.2 Å². The Morgan fingerprint density at radius 2 is 2.05 bits per heavy atom. The van der Waals surface area contributed by atoms with Crippen molar-refractivity contribution in [3.8, 4) is 0 Å². The first-order valence-electron chi connectivity index (χ1n) is 6.49. The summed E-state index contributed by atoms with van der Waals surface area (Å²) in [6.07, 6.45) is 3.78. The van der Waals surface area contributed by atoms with E-state index in [1.54, 1.807) is 6.08 Å². The summed E-state index contributed by atoms with van der Waals surface area (Å²) in [4.78, 5) is 12.7. The van der Waals surface area contributed by atoms with E-state index in [4.69, 9.17) is 10.2 Å². The first-order chi connectivity index (χ1) is 9.17. The number of hydrogen-bond acceptors (Lipinski definition) is 3. The predicted octanol–water partition coefficient (Wildman–Crippen LogP) is 1.99. The predicted molar refractivity (Wildman–Crippen MR) is 75.8 cm³/mol. The van der Waals surface area contributed by atoms with E-state index in [1.165, 1.54) is 0 Å². The molecule has 0 bridgehead atoms. The third-order valence-corrected chi connectivity index (χ3v) is 2.81. The van der Waals surface area contributed by atoms with Crippen molar-refractivity contribution in [1.29, 1.82) is 0 Å². The molecule has 0 saturated heterocycles. The van der Waals surface area contributed by atoms with Gasteiger partial charge in [0.15, 0.2) is 0 Å². The zero-order chi connectivity index (χ0) is 14.1. The number of aliphatic carboxylic acids is 1. The standard InChI is InChI=1S/C15H21NO3/c1-2-9-16(10-11-17)12-14-6-4-3-5-13(14)7-8-15(18)19/h3-8,17H,2,9-12H2,1H3,(H,18,19). The molecule has 1 rings (SSSR count). The lowest BCUT2D eigenvalue weighted by Crippen LogP contribution is -2.27. The maximum Gasteiger partial charge on any atom is 0.328 e. The summed E-state index contributed by atoms with van der Waals surface area (Å²) < 4.78 is 0. The fourth-order valence-electron chi connectivity index (χ4n) is 1.97. The number of carboxylic acids is 1. The molecule has 0 fully saturated rings. The van der Waals surface area contributed by atoms with Gasteiger partial charge in [0.1, 0.15) is 0 Å². The molecule has 4 heteroatoms. The highest BCUT2D eigenvalue weighted by Gasteiger charge is 2.06. The second-order valence-corrected chi connectivity index (χ2v) is 4.37. The highest BCUT2D eigenvalue weighted by Crippen LogP contribution is 2.13. The molecule has 0 heterocycles. The first-order valence-corrected chi connectivity index (χ1v) is 6.49. The fourth-order valence-corrected chi connectivity index (χ4v) is 1.97. The normalized spacial score (nSPS) is 11.3. The number of aliphatic hydroxyl groups excluding tert-OH is 1. The number of hydrogen-bond donors (Lipinski definition) is 2. The Balaban J connectivity index is 2.83. The van der Waals surface area contributed by atoms with Gasteiger partial charge in [0.05, 0.1) is 6.61 Å². The van der Waals surface area contributed by atoms with Crippen LogP contribution in [0.4, 0.5) is 0 Å². The van der Waals surface area contributed by atoms with Gasteiger partial charge in [-0.3, -0.25) is 4.90 Å². The van der Waals surface area contributed by atoms with E-state index in [2.05, 4.69) is 11.8 Å². The highest BCUT2D eigenvalue weighted by molar-refractivity contribution is 5.85. The fraction of sp³-hybridized carbons (Fsp3) is 0.400. The van der Waals surface area contributed by atoms with Crippen LogP contribution in [0.25, 0.3) is 6.08 Å². The maximum absolute atomic E-state index is 10.6. The van der Waals surface area contributed by atoms with Crippen LogP contribution in [0.5, 0.6) is 0 Å². The number of nitrogens with zero attached hydrogens (tertiary/aromatic N) is 1. The molecule has 1 aromatic carbocycles. The molecule has 0 atom stereocenters. The van der Waals surface area contributed by atoms with E-state index in [0.717, 1.165) is 30.2 Å². The molecule has 0 amide bonds. The Morgan fingerprint density at radius 1 is 1.32 bits per heavy atom. The van der Waals surface area contributed by atoms with E-state index in [1.807, 2.05) is 24.3 Å². The summed E-state index contributed by atoms with van der Waals surface area (Å²) in [5, 5.41) is 17.7. The molecule has 0 aliphatic rings. The molecule has 19 heavy (non-hydrogen) atoms. The minimum atomic E-state index is -0.949. The summed E-state index contributed by atoms with van der Waals surface area (Å²) in [5.74, 6) is -0.949. The van der Waals surface area contributed by atoms with Crippen molar-refractivity contribution in [1.82, 2.24) is 4.90 Å². The average molecular weight is 263 g/mol. The molecule has 0 spiro atoms. The van der Waals surface area contributed by atoms with Crippen LogP contribution >= 0.6 is 0 Å². The van der Waals surface area contributed by atoms with Crippen LogP contribution in [0.3, 0.4) is 0 Å². The molecule has 0 radical (unpaired) electrons. The van der Waals surface area contributed by atoms with Crippen molar-refractivity contribution in [2.75, 3.05) is 19.7 Å². The summed E-state index contributed by atoms with van der Waals surface area (Å²) in [5.41, 5.74) is 1.98. The molecule has 1 aromatic rings. The molecular formula is C15H21NO3. The molecule has 0 aliphatic carbocycles. The third-order valence-electron chi connectivity index (χ3n) is 2.81. The van der Waals surface area contributed by atoms with Gasteiger partial charge in [-0.15, -0.1) is 0 Å². The van der Waals surface area contributed by atoms with Gasteiger partial charge in [-0.25, -0.2) is 4.79 Å². The lowest BCUT2D eigenvalue weighted by molar-refractivity contribution is -0.131. The first kappa shape index (κ1) is 15.4. The monoisotopic (exact) mass is 263 g/mol. The molecule has 0 saturated carbocycles. The highest BCUT2D eigenvalue weighted by atomic mass is 16.4. The van der Waals surface area contributed by atoms with Crippen LogP contribution in [0.1, 0.15) is 24.5 Å². The molecule has 2 N–H and O–H groups in total. The zero-order valence-corrected chi connectivity index (χ0v) is 11.2. The Labute approximate surface area is 114 Å². The summed E-state index contributed by atoms with van der Waals surface area (Å²) in [7, 11) is 0. The number of rotatable bonds is 8. The van der Waals surface area contributed by atoms with Gasteiger partial charge >= 0.3 is 5.97 Å². The van der Waals surface area contributed by atoms with Crippen LogP contribution in [-0.2, 0) is 11.3 Å². The number of carboxylic acid groups (broad SMARTS) is 1. The van der Waals surface area contributed by atoms with Gasteiger partial charge in [0.25, 0.3) is 0 Å². The van der Waals surface area contributed by atoms with Crippen LogP contribution in [0.2, 0.25) is 0 Å². The van der Waals surface area contributed by atoms with Crippen LogP contribution < -0.4 is 0 Å².